The molecule has 3 heteroatoms. The summed E-state index contributed by atoms with van der Waals surface area (Å²) >= 11 is 6.31. The van der Waals surface area contributed by atoms with Gasteiger partial charge in [0, 0.05) is 5.38 Å². The van der Waals surface area contributed by atoms with Crippen LogP contribution in [0, 0.1) is 17.6 Å². The van der Waals surface area contributed by atoms with Gasteiger partial charge in [-0.3, -0.25) is 0 Å². The van der Waals surface area contributed by atoms with Crippen LogP contribution in [0.5, 0.6) is 0 Å². The molecule has 1 aliphatic rings. The van der Waals surface area contributed by atoms with Gasteiger partial charge in [0.05, 0.1) is 0 Å². The molecule has 17 heavy (non-hydrogen) atoms. The van der Waals surface area contributed by atoms with E-state index in [0.29, 0.717) is 17.9 Å². The Bertz CT molecular complexity index is 372. The highest BCUT2D eigenvalue weighted by atomic mass is 35.5. The van der Waals surface area contributed by atoms with E-state index in [-0.39, 0.29) is 17.0 Å². The highest BCUT2D eigenvalue weighted by Crippen LogP contribution is 2.32. The lowest BCUT2D eigenvalue weighted by atomic mass is 9.97. The maximum Gasteiger partial charge on any atom is 0.126 e. The first-order valence-corrected chi connectivity index (χ1v) is 6.68. The maximum absolute atomic E-state index is 13.4. The number of halogens is 3. The van der Waals surface area contributed by atoms with E-state index in [0.717, 1.165) is 12.5 Å². The Morgan fingerprint density at radius 3 is 2.65 bits per heavy atom. The summed E-state index contributed by atoms with van der Waals surface area (Å²) in [6.45, 7) is 0. The lowest BCUT2D eigenvalue weighted by molar-refractivity contribution is 0.487. The highest BCUT2D eigenvalue weighted by molar-refractivity contribution is 6.20. The zero-order valence-electron chi connectivity index (χ0n) is 9.76. The number of hydrogen-bond acceptors (Lipinski definition) is 0. The lowest BCUT2D eigenvalue weighted by Crippen LogP contribution is -2.12. The third-order valence-corrected chi connectivity index (χ3v) is 4.18. The fourth-order valence-electron chi connectivity index (χ4n) is 2.58. The summed E-state index contributed by atoms with van der Waals surface area (Å²) in [5.74, 6) is -0.150. The van der Waals surface area contributed by atoms with Crippen molar-refractivity contribution in [1.82, 2.24) is 0 Å². The van der Waals surface area contributed by atoms with Gasteiger partial charge in [0.2, 0.25) is 0 Å². The number of benzene rings is 1. The molecule has 0 aromatic heterocycles. The van der Waals surface area contributed by atoms with E-state index >= 15 is 0 Å². The molecule has 0 amide bonds. The summed E-state index contributed by atoms with van der Waals surface area (Å²) in [4.78, 5) is 0. The lowest BCUT2D eigenvalue weighted by Gasteiger charge is -2.16. The van der Waals surface area contributed by atoms with Gasteiger partial charge < -0.3 is 0 Å². The molecule has 0 N–H and O–H groups in total. The highest BCUT2D eigenvalue weighted by Gasteiger charge is 2.23. The molecule has 0 saturated heterocycles. The van der Waals surface area contributed by atoms with Crippen LogP contribution in [0.2, 0.25) is 0 Å². The molecule has 0 spiro atoms. The molecule has 0 aliphatic heterocycles. The van der Waals surface area contributed by atoms with Crippen molar-refractivity contribution in [3.8, 4) is 0 Å². The first-order chi connectivity index (χ1) is 8.16. The predicted molar refractivity (Wildman–Crippen MR) is 66.3 cm³/mol. The van der Waals surface area contributed by atoms with Crippen LogP contribution in [0.3, 0.4) is 0 Å². The van der Waals surface area contributed by atoms with Crippen molar-refractivity contribution >= 4 is 11.6 Å². The minimum Gasteiger partial charge on any atom is -0.207 e. The molecule has 1 unspecified atom stereocenters. The predicted octanol–water partition coefficient (Wildman–Crippen LogP) is 4.70. The molecule has 1 aliphatic carbocycles. The van der Waals surface area contributed by atoms with Gasteiger partial charge in [-0.15, -0.1) is 11.6 Å². The molecule has 1 aromatic rings. The van der Waals surface area contributed by atoms with Crippen molar-refractivity contribution in [2.45, 2.75) is 43.9 Å². The van der Waals surface area contributed by atoms with E-state index in [9.17, 15) is 8.78 Å². The second kappa shape index (κ2) is 5.81. The minimum absolute atomic E-state index is 0.0974. The van der Waals surface area contributed by atoms with Crippen LogP contribution >= 0.6 is 11.6 Å². The SMILES string of the molecule is Fc1ccc(F)c(CCC(Cl)C2CCCC2)c1. The van der Waals surface area contributed by atoms with Gasteiger partial charge in [-0.05, 0) is 55.4 Å². The molecular weight excluding hydrogens is 242 g/mol. The molecule has 1 aromatic carbocycles. The van der Waals surface area contributed by atoms with E-state index in [2.05, 4.69) is 0 Å². The Morgan fingerprint density at radius 1 is 1.24 bits per heavy atom. The van der Waals surface area contributed by atoms with Crippen LogP contribution in [0.25, 0.3) is 0 Å². The van der Waals surface area contributed by atoms with Gasteiger partial charge in [-0.2, -0.15) is 0 Å². The van der Waals surface area contributed by atoms with Crippen molar-refractivity contribution in [3.05, 3.63) is 35.4 Å². The van der Waals surface area contributed by atoms with E-state index in [4.69, 9.17) is 11.6 Å². The van der Waals surface area contributed by atoms with Crippen molar-refractivity contribution < 1.29 is 8.78 Å². The standard InChI is InChI=1S/C14H17ClF2/c15-13(10-3-1-2-4-10)7-5-11-9-12(16)6-8-14(11)17/h6,8-10,13H,1-5,7H2. The Morgan fingerprint density at radius 2 is 1.94 bits per heavy atom. The Balaban J connectivity index is 1.90. The largest absolute Gasteiger partial charge is 0.207 e. The van der Waals surface area contributed by atoms with Gasteiger partial charge in [0.1, 0.15) is 11.6 Å². The summed E-state index contributed by atoms with van der Waals surface area (Å²) in [5, 5.41) is 0.0974. The first kappa shape index (κ1) is 12.8. The summed E-state index contributed by atoms with van der Waals surface area (Å²) in [6, 6.07) is 3.60. The normalized spacial score (nSPS) is 18.5. The van der Waals surface area contributed by atoms with Gasteiger partial charge in [-0.25, -0.2) is 8.78 Å². The van der Waals surface area contributed by atoms with Gasteiger partial charge >= 0.3 is 0 Å². The molecule has 0 heterocycles. The molecule has 94 valence electrons. The molecule has 0 radical (unpaired) electrons. The molecule has 0 nitrogen and oxygen atoms in total. The number of alkyl halides is 1. The fraction of sp³-hybridized carbons (Fsp3) is 0.571. The summed E-state index contributed by atoms with van der Waals surface area (Å²) in [7, 11) is 0. The number of hydrogen-bond donors (Lipinski definition) is 0. The van der Waals surface area contributed by atoms with Crippen molar-refractivity contribution in [2.24, 2.45) is 5.92 Å². The Labute approximate surface area is 106 Å². The molecule has 2 rings (SSSR count). The monoisotopic (exact) mass is 258 g/mol. The molecular formula is C14H17ClF2. The number of aryl methyl sites for hydroxylation is 1. The molecule has 1 fully saturated rings. The van der Waals surface area contributed by atoms with Crippen LogP contribution in [0.4, 0.5) is 8.78 Å². The Hall–Kier alpha value is -0.630. The summed E-state index contributed by atoms with van der Waals surface area (Å²) in [6.07, 6.45) is 6.12. The first-order valence-electron chi connectivity index (χ1n) is 6.25. The van der Waals surface area contributed by atoms with Crippen LogP contribution in [-0.2, 0) is 6.42 Å². The number of rotatable bonds is 4. The van der Waals surface area contributed by atoms with Crippen LogP contribution in [0.1, 0.15) is 37.7 Å². The maximum atomic E-state index is 13.4. The van der Waals surface area contributed by atoms with Crippen molar-refractivity contribution in [3.63, 3.8) is 0 Å². The van der Waals surface area contributed by atoms with E-state index < -0.39 is 0 Å². The molecule has 1 saturated carbocycles. The molecule has 0 bridgehead atoms. The second-order valence-electron chi connectivity index (χ2n) is 4.83. The topological polar surface area (TPSA) is 0 Å². The van der Waals surface area contributed by atoms with Gasteiger partial charge in [0.25, 0.3) is 0 Å². The third-order valence-electron chi connectivity index (χ3n) is 3.61. The Kier molecular flexibility index (Phi) is 4.38. The average Bonchev–Trinajstić information content (AvgIpc) is 2.83. The third kappa shape index (κ3) is 3.41. The minimum atomic E-state index is -0.381. The van der Waals surface area contributed by atoms with E-state index in [1.807, 2.05) is 0 Å². The van der Waals surface area contributed by atoms with Crippen LogP contribution < -0.4 is 0 Å². The second-order valence-corrected chi connectivity index (χ2v) is 5.40. The zero-order chi connectivity index (χ0) is 12.3. The van der Waals surface area contributed by atoms with Crippen molar-refractivity contribution in [1.29, 1.82) is 0 Å². The van der Waals surface area contributed by atoms with E-state index in [1.54, 1.807) is 0 Å². The van der Waals surface area contributed by atoms with Crippen molar-refractivity contribution in [2.75, 3.05) is 0 Å². The van der Waals surface area contributed by atoms with Gasteiger partial charge in [-0.1, -0.05) is 12.8 Å². The van der Waals surface area contributed by atoms with Gasteiger partial charge in [0.15, 0.2) is 0 Å². The average molecular weight is 259 g/mol. The zero-order valence-corrected chi connectivity index (χ0v) is 10.5. The summed E-state index contributed by atoms with van der Waals surface area (Å²) in [5.41, 5.74) is 0.439. The molecule has 1 atom stereocenters. The summed E-state index contributed by atoms with van der Waals surface area (Å²) < 4.78 is 26.4. The quantitative estimate of drug-likeness (QED) is 0.687. The smallest absolute Gasteiger partial charge is 0.126 e. The van der Waals surface area contributed by atoms with Crippen LogP contribution in [-0.4, -0.2) is 5.38 Å². The van der Waals surface area contributed by atoms with E-state index in [1.165, 1.54) is 37.8 Å². The fourth-order valence-corrected chi connectivity index (χ4v) is 2.94. The van der Waals surface area contributed by atoms with Crippen LogP contribution in [0.15, 0.2) is 18.2 Å².